The zero-order chi connectivity index (χ0) is 16.5. The van der Waals surface area contributed by atoms with Crippen LogP contribution in [0.1, 0.15) is 61.8 Å². The summed E-state index contributed by atoms with van der Waals surface area (Å²) >= 11 is 0. The highest BCUT2D eigenvalue weighted by Crippen LogP contribution is 2.37. The third-order valence-corrected chi connectivity index (χ3v) is 4.09. The number of ether oxygens (including phenoxy) is 1. The molecule has 1 aliphatic rings. The van der Waals surface area contributed by atoms with Crippen LogP contribution in [0.25, 0.3) is 0 Å². The summed E-state index contributed by atoms with van der Waals surface area (Å²) in [7, 11) is -0.369. The number of carbonyl (C=O) groups excluding carboxylic acids is 1. The minimum Gasteiger partial charge on any atom is -0.463 e. The second-order valence-corrected chi connectivity index (χ2v) is 7.59. The molecule has 0 amide bonds. The van der Waals surface area contributed by atoms with E-state index in [1.165, 1.54) is 0 Å². The highest BCUT2D eigenvalue weighted by molar-refractivity contribution is 6.51. The van der Waals surface area contributed by atoms with Crippen molar-refractivity contribution in [3.05, 3.63) is 12.1 Å². The highest BCUT2D eigenvalue weighted by Gasteiger charge is 2.50. The normalized spacial score (nSPS) is 21.3. The molecular weight excluding hydrogens is 267 g/mol. The van der Waals surface area contributed by atoms with Crippen LogP contribution in [0.5, 0.6) is 0 Å². The van der Waals surface area contributed by atoms with Crippen molar-refractivity contribution < 1.29 is 18.8 Å². The minimum absolute atomic E-state index is 0.0937. The fourth-order valence-electron chi connectivity index (χ4n) is 1.90. The summed E-state index contributed by atoms with van der Waals surface area (Å²) < 4.78 is 17.0. The van der Waals surface area contributed by atoms with Gasteiger partial charge in [0.1, 0.15) is 0 Å². The first-order valence-corrected chi connectivity index (χ1v) is 7.61. The van der Waals surface area contributed by atoms with Gasteiger partial charge in [-0.15, -0.1) is 0 Å². The minimum atomic E-state index is -0.551. The molecule has 0 saturated carbocycles. The van der Waals surface area contributed by atoms with Gasteiger partial charge in [-0.25, -0.2) is 0 Å². The average molecular weight is 296 g/mol. The lowest BCUT2D eigenvalue weighted by atomic mass is 9.84. The van der Waals surface area contributed by atoms with Crippen LogP contribution < -0.4 is 0 Å². The van der Waals surface area contributed by atoms with E-state index < -0.39 is 5.41 Å². The monoisotopic (exact) mass is 296 g/mol. The van der Waals surface area contributed by atoms with Gasteiger partial charge < -0.3 is 14.0 Å². The summed E-state index contributed by atoms with van der Waals surface area (Å²) in [5.41, 5.74) is -1.23. The summed E-state index contributed by atoms with van der Waals surface area (Å²) in [4.78, 5) is 12.0. The standard InChI is InChI=1S/C16H29BO4/c1-12(2)19-13(18)14(3,4)10-9-11-17-20-15(5,6)16(7,8)21-17/h9,11-12H,10H2,1-8H3/b11-9+. The third kappa shape index (κ3) is 4.58. The number of hydrogen-bond donors (Lipinski definition) is 0. The van der Waals surface area contributed by atoms with Gasteiger partial charge in [-0.05, 0) is 61.8 Å². The van der Waals surface area contributed by atoms with Gasteiger partial charge in [-0.3, -0.25) is 4.79 Å². The van der Waals surface area contributed by atoms with Crippen LogP contribution in [0.3, 0.4) is 0 Å². The molecule has 0 atom stereocenters. The lowest BCUT2D eigenvalue weighted by Gasteiger charge is -2.32. The zero-order valence-corrected chi connectivity index (χ0v) is 14.6. The quantitative estimate of drug-likeness (QED) is 0.575. The maximum absolute atomic E-state index is 12.0. The Morgan fingerprint density at radius 1 is 1.19 bits per heavy atom. The molecule has 0 N–H and O–H groups in total. The van der Waals surface area contributed by atoms with E-state index in [9.17, 15) is 4.79 Å². The Kier molecular flexibility index (Phi) is 5.33. The van der Waals surface area contributed by atoms with Crippen LogP contribution in [0.4, 0.5) is 0 Å². The second kappa shape index (κ2) is 6.13. The fraction of sp³-hybridized carbons (Fsp3) is 0.812. The third-order valence-electron chi connectivity index (χ3n) is 4.09. The van der Waals surface area contributed by atoms with E-state index >= 15 is 0 Å². The Balaban J connectivity index is 2.58. The first-order valence-electron chi connectivity index (χ1n) is 7.61. The summed E-state index contributed by atoms with van der Waals surface area (Å²) in [6.07, 6.45) is 2.43. The van der Waals surface area contributed by atoms with Gasteiger partial charge in [0.2, 0.25) is 0 Å². The Hall–Kier alpha value is -0.805. The van der Waals surface area contributed by atoms with Crippen molar-refractivity contribution in [2.24, 2.45) is 5.41 Å². The van der Waals surface area contributed by atoms with Gasteiger partial charge in [0, 0.05) is 0 Å². The molecular formula is C16H29BO4. The Labute approximate surface area is 129 Å². The fourth-order valence-corrected chi connectivity index (χ4v) is 1.90. The molecule has 4 nitrogen and oxygen atoms in total. The predicted molar refractivity (Wildman–Crippen MR) is 84.8 cm³/mol. The molecule has 1 aliphatic heterocycles. The van der Waals surface area contributed by atoms with Crippen molar-refractivity contribution in [2.75, 3.05) is 0 Å². The van der Waals surface area contributed by atoms with E-state index in [-0.39, 0.29) is 30.4 Å². The summed E-state index contributed by atoms with van der Waals surface area (Å²) in [5.74, 6) is 1.69. The number of rotatable bonds is 5. The molecule has 0 aliphatic carbocycles. The summed E-state index contributed by atoms with van der Waals surface area (Å²) in [6.45, 7) is 15.5. The molecule has 0 unspecified atom stereocenters. The number of hydrogen-bond acceptors (Lipinski definition) is 4. The average Bonchev–Trinajstić information content (AvgIpc) is 2.45. The smallest absolute Gasteiger partial charge is 0.463 e. The molecule has 0 radical (unpaired) electrons. The first-order chi connectivity index (χ1) is 9.37. The number of carbonyl (C=O) groups is 1. The van der Waals surface area contributed by atoms with E-state index in [2.05, 4.69) is 0 Å². The largest absolute Gasteiger partial charge is 0.486 e. The molecule has 120 valence electrons. The SMILES string of the molecule is CC(C)OC(=O)C(C)(C)C/C=C/B1OC(C)(C)C(C)(C)O1. The van der Waals surface area contributed by atoms with Gasteiger partial charge in [-0.1, -0.05) is 12.1 Å². The van der Waals surface area contributed by atoms with E-state index in [0.717, 1.165) is 0 Å². The first kappa shape index (κ1) is 18.2. The molecule has 0 aromatic heterocycles. The Bertz CT molecular complexity index is 395. The second-order valence-electron chi connectivity index (χ2n) is 7.59. The van der Waals surface area contributed by atoms with Crippen molar-refractivity contribution in [3.8, 4) is 0 Å². The van der Waals surface area contributed by atoms with Crippen molar-refractivity contribution in [1.29, 1.82) is 0 Å². The van der Waals surface area contributed by atoms with Crippen LogP contribution in [0, 0.1) is 5.41 Å². The number of esters is 1. The zero-order valence-electron chi connectivity index (χ0n) is 14.6. The van der Waals surface area contributed by atoms with Crippen LogP contribution in [0.15, 0.2) is 12.1 Å². The molecule has 0 spiro atoms. The Morgan fingerprint density at radius 3 is 2.10 bits per heavy atom. The van der Waals surface area contributed by atoms with Crippen LogP contribution in [0.2, 0.25) is 0 Å². The highest BCUT2D eigenvalue weighted by atomic mass is 16.7. The van der Waals surface area contributed by atoms with E-state index in [1.807, 2.05) is 67.4 Å². The van der Waals surface area contributed by atoms with E-state index in [0.29, 0.717) is 6.42 Å². The van der Waals surface area contributed by atoms with Gasteiger partial charge in [-0.2, -0.15) is 0 Å². The molecule has 1 fully saturated rings. The van der Waals surface area contributed by atoms with Crippen LogP contribution >= 0.6 is 0 Å². The van der Waals surface area contributed by atoms with Crippen molar-refractivity contribution in [2.45, 2.75) is 79.1 Å². The molecule has 1 rings (SSSR count). The molecule has 0 aromatic carbocycles. The van der Waals surface area contributed by atoms with Crippen molar-refractivity contribution in [1.82, 2.24) is 0 Å². The summed E-state index contributed by atoms with van der Waals surface area (Å²) in [5, 5.41) is 0. The van der Waals surface area contributed by atoms with Crippen molar-refractivity contribution in [3.63, 3.8) is 0 Å². The maximum Gasteiger partial charge on any atom is 0.486 e. The maximum atomic E-state index is 12.0. The summed E-state index contributed by atoms with van der Waals surface area (Å²) in [6, 6.07) is 0. The predicted octanol–water partition coefficient (Wildman–Crippen LogP) is 3.54. The van der Waals surface area contributed by atoms with Crippen LogP contribution in [-0.2, 0) is 18.8 Å². The molecule has 0 bridgehead atoms. The van der Waals surface area contributed by atoms with Gasteiger partial charge in [0.15, 0.2) is 0 Å². The molecule has 1 heterocycles. The molecule has 0 aromatic rings. The van der Waals surface area contributed by atoms with Gasteiger partial charge in [0.05, 0.1) is 22.7 Å². The lowest BCUT2D eigenvalue weighted by Crippen LogP contribution is -2.41. The lowest BCUT2D eigenvalue weighted by molar-refractivity contribution is -0.157. The molecule has 5 heteroatoms. The molecule has 21 heavy (non-hydrogen) atoms. The van der Waals surface area contributed by atoms with Gasteiger partial charge in [0.25, 0.3) is 0 Å². The Morgan fingerprint density at radius 2 is 1.67 bits per heavy atom. The van der Waals surface area contributed by atoms with Gasteiger partial charge >= 0.3 is 13.1 Å². The topological polar surface area (TPSA) is 44.8 Å². The molecule has 1 saturated heterocycles. The van der Waals surface area contributed by atoms with Crippen molar-refractivity contribution >= 4 is 13.1 Å². The number of allylic oxidation sites excluding steroid dienone is 1. The van der Waals surface area contributed by atoms with E-state index in [4.69, 9.17) is 14.0 Å². The van der Waals surface area contributed by atoms with E-state index in [1.54, 1.807) is 0 Å². The van der Waals surface area contributed by atoms with Crippen LogP contribution in [-0.4, -0.2) is 30.4 Å².